The average molecular weight is 141 g/mol. The molecule has 60 valence electrons. The maximum Gasteiger partial charge on any atom is 0.0151 e. The van der Waals surface area contributed by atoms with E-state index in [1.165, 1.54) is 12.8 Å². The Morgan fingerprint density at radius 2 is 1.90 bits per heavy atom. The van der Waals surface area contributed by atoms with Crippen LogP contribution in [0, 0.1) is 0 Å². The largest absolute Gasteiger partial charge is 0.308 e. The van der Waals surface area contributed by atoms with Gasteiger partial charge >= 0.3 is 0 Å². The molecule has 0 aromatic rings. The van der Waals surface area contributed by atoms with E-state index in [4.69, 9.17) is 0 Å². The van der Waals surface area contributed by atoms with Gasteiger partial charge in [0.15, 0.2) is 0 Å². The molecule has 0 amide bonds. The van der Waals surface area contributed by atoms with Crippen LogP contribution in [-0.2, 0) is 0 Å². The van der Waals surface area contributed by atoms with Crippen molar-refractivity contribution in [1.29, 1.82) is 0 Å². The maximum absolute atomic E-state index is 3.67. The van der Waals surface area contributed by atoms with Gasteiger partial charge in [-0.1, -0.05) is 19.9 Å². The Labute approximate surface area is 64.5 Å². The molecule has 0 radical (unpaired) electrons. The summed E-state index contributed by atoms with van der Waals surface area (Å²) in [5.74, 6) is 0. The first-order valence-electron chi connectivity index (χ1n) is 4.04. The van der Waals surface area contributed by atoms with Crippen LogP contribution in [0.1, 0.15) is 33.6 Å². The van der Waals surface area contributed by atoms with Gasteiger partial charge in [-0.25, -0.2) is 0 Å². The Balaban J connectivity index is 3.68. The van der Waals surface area contributed by atoms with Gasteiger partial charge in [0.1, 0.15) is 0 Å². The first-order chi connectivity index (χ1) is 4.68. The summed E-state index contributed by atoms with van der Waals surface area (Å²) in [5, 5.41) is 3.43. The molecule has 0 spiro atoms. The van der Waals surface area contributed by atoms with Crippen molar-refractivity contribution in [3.63, 3.8) is 0 Å². The van der Waals surface area contributed by atoms with Gasteiger partial charge in [-0.2, -0.15) is 0 Å². The Morgan fingerprint density at radius 1 is 1.40 bits per heavy atom. The van der Waals surface area contributed by atoms with Gasteiger partial charge in [-0.3, -0.25) is 0 Å². The lowest BCUT2D eigenvalue weighted by atomic mass is 9.96. The molecule has 0 bridgehead atoms. The molecule has 0 aromatic carbocycles. The number of rotatable bonds is 5. The van der Waals surface area contributed by atoms with E-state index < -0.39 is 0 Å². The molecule has 0 unspecified atom stereocenters. The smallest absolute Gasteiger partial charge is 0.0151 e. The minimum absolute atomic E-state index is 0.314. The first kappa shape index (κ1) is 9.70. The van der Waals surface area contributed by atoms with Gasteiger partial charge in [-0.05, 0) is 19.8 Å². The second-order valence-corrected chi connectivity index (χ2v) is 2.94. The van der Waals surface area contributed by atoms with Crippen molar-refractivity contribution in [2.75, 3.05) is 6.54 Å². The van der Waals surface area contributed by atoms with Gasteiger partial charge in [-0.15, -0.1) is 6.58 Å². The highest BCUT2D eigenvalue weighted by molar-refractivity contribution is 4.83. The monoisotopic (exact) mass is 141 g/mol. The van der Waals surface area contributed by atoms with Crippen molar-refractivity contribution in [2.45, 2.75) is 39.2 Å². The van der Waals surface area contributed by atoms with E-state index in [2.05, 4.69) is 32.7 Å². The van der Waals surface area contributed by atoms with Crippen LogP contribution in [0.5, 0.6) is 0 Å². The van der Waals surface area contributed by atoms with Crippen LogP contribution in [0.3, 0.4) is 0 Å². The minimum atomic E-state index is 0.314. The summed E-state index contributed by atoms with van der Waals surface area (Å²) < 4.78 is 0. The second kappa shape index (κ2) is 4.51. The van der Waals surface area contributed by atoms with E-state index in [0.717, 1.165) is 6.54 Å². The van der Waals surface area contributed by atoms with Crippen LogP contribution in [0.25, 0.3) is 0 Å². The van der Waals surface area contributed by atoms with Gasteiger partial charge in [0.05, 0.1) is 0 Å². The molecular weight excluding hydrogens is 122 g/mol. The predicted octanol–water partition coefficient (Wildman–Crippen LogP) is 2.34. The van der Waals surface area contributed by atoms with E-state index in [9.17, 15) is 0 Å². The maximum atomic E-state index is 3.67. The lowest BCUT2D eigenvalue weighted by Gasteiger charge is -2.27. The molecule has 0 atom stereocenters. The summed E-state index contributed by atoms with van der Waals surface area (Å²) in [6, 6.07) is 0. The Bertz CT molecular complexity index is 92.9. The molecule has 1 heteroatoms. The molecule has 1 nitrogen and oxygen atoms in total. The zero-order chi connectivity index (χ0) is 8.04. The number of nitrogens with one attached hydrogen (secondary N) is 1. The summed E-state index contributed by atoms with van der Waals surface area (Å²) in [7, 11) is 0. The lowest BCUT2D eigenvalue weighted by Crippen LogP contribution is -2.40. The van der Waals surface area contributed by atoms with E-state index >= 15 is 0 Å². The van der Waals surface area contributed by atoms with Crippen LogP contribution in [0.2, 0.25) is 0 Å². The Morgan fingerprint density at radius 3 is 2.20 bits per heavy atom. The zero-order valence-corrected chi connectivity index (χ0v) is 7.41. The van der Waals surface area contributed by atoms with E-state index in [-0.39, 0.29) is 0 Å². The van der Waals surface area contributed by atoms with E-state index in [1.807, 2.05) is 6.08 Å². The van der Waals surface area contributed by atoms with Crippen molar-refractivity contribution in [3.05, 3.63) is 12.7 Å². The molecule has 1 N–H and O–H groups in total. The molecule has 0 fully saturated rings. The van der Waals surface area contributed by atoms with Gasteiger partial charge in [0, 0.05) is 12.1 Å². The van der Waals surface area contributed by atoms with Gasteiger partial charge < -0.3 is 5.32 Å². The standard InChI is InChI=1S/C9H19N/c1-5-8-10-9(4,6-2)7-3/h5,10H,1,6-8H2,2-4H3. The number of hydrogen-bond donors (Lipinski definition) is 1. The fraction of sp³-hybridized carbons (Fsp3) is 0.778. The minimum Gasteiger partial charge on any atom is -0.308 e. The highest BCUT2D eigenvalue weighted by atomic mass is 14.9. The third kappa shape index (κ3) is 3.02. The van der Waals surface area contributed by atoms with Crippen molar-refractivity contribution in [2.24, 2.45) is 0 Å². The third-order valence-electron chi connectivity index (χ3n) is 2.23. The number of hydrogen-bond acceptors (Lipinski definition) is 1. The highest BCUT2D eigenvalue weighted by Crippen LogP contribution is 2.12. The van der Waals surface area contributed by atoms with Crippen LogP contribution in [0.15, 0.2) is 12.7 Å². The summed E-state index contributed by atoms with van der Waals surface area (Å²) in [6.45, 7) is 11.2. The topological polar surface area (TPSA) is 12.0 Å². The van der Waals surface area contributed by atoms with Crippen LogP contribution in [-0.4, -0.2) is 12.1 Å². The molecule has 10 heavy (non-hydrogen) atoms. The van der Waals surface area contributed by atoms with Crippen molar-refractivity contribution < 1.29 is 0 Å². The summed E-state index contributed by atoms with van der Waals surface area (Å²) in [4.78, 5) is 0. The fourth-order valence-electron chi connectivity index (χ4n) is 0.819. The fourth-order valence-corrected chi connectivity index (χ4v) is 0.819. The Hall–Kier alpha value is -0.300. The zero-order valence-electron chi connectivity index (χ0n) is 7.41. The van der Waals surface area contributed by atoms with Gasteiger partial charge in [0.2, 0.25) is 0 Å². The first-order valence-corrected chi connectivity index (χ1v) is 4.04. The molecule has 0 aliphatic carbocycles. The van der Waals surface area contributed by atoms with Crippen LogP contribution in [0.4, 0.5) is 0 Å². The Kier molecular flexibility index (Phi) is 4.37. The van der Waals surface area contributed by atoms with Crippen molar-refractivity contribution in [3.8, 4) is 0 Å². The SMILES string of the molecule is C=CCNC(C)(CC)CC. The molecule has 0 aromatic heterocycles. The molecule has 0 aliphatic heterocycles. The predicted molar refractivity (Wildman–Crippen MR) is 47.2 cm³/mol. The third-order valence-corrected chi connectivity index (χ3v) is 2.23. The molecule has 0 saturated heterocycles. The second-order valence-electron chi connectivity index (χ2n) is 2.94. The molecule has 0 aliphatic rings. The normalized spacial score (nSPS) is 11.5. The van der Waals surface area contributed by atoms with Gasteiger partial charge in [0.25, 0.3) is 0 Å². The average Bonchev–Trinajstić information content (AvgIpc) is 2.00. The van der Waals surface area contributed by atoms with Crippen LogP contribution < -0.4 is 5.32 Å². The summed E-state index contributed by atoms with van der Waals surface area (Å²) >= 11 is 0. The molecular formula is C9H19N. The lowest BCUT2D eigenvalue weighted by molar-refractivity contribution is 0.346. The van der Waals surface area contributed by atoms with Crippen molar-refractivity contribution >= 4 is 0 Å². The van der Waals surface area contributed by atoms with E-state index in [0.29, 0.717) is 5.54 Å². The molecule has 0 rings (SSSR count). The summed E-state index contributed by atoms with van der Waals surface area (Å²) in [6.07, 6.45) is 4.26. The molecule has 0 heterocycles. The highest BCUT2D eigenvalue weighted by Gasteiger charge is 2.16. The van der Waals surface area contributed by atoms with E-state index in [1.54, 1.807) is 0 Å². The quantitative estimate of drug-likeness (QED) is 0.579. The molecule has 0 saturated carbocycles. The van der Waals surface area contributed by atoms with Crippen LogP contribution >= 0.6 is 0 Å². The van der Waals surface area contributed by atoms with Crippen molar-refractivity contribution in [1.82, 2.24) is 5.32 Å². The summed E-state index contributed by atoms with van der Waals surface area (Å²) in [5.41, 5.74) is 0.314.